The summed E-state index contributed by atoms with van der Waals surface area (Å²) in [7, 11) is 0. The third-order valence-corrected chi connectivity index (χ3v) is 3.37. The Labute approximate surface area is 107 Å². The Morgan fingerprint density at radius 1 is 1.28 bits per heavy atom. The van der Waals surface area contributed by atoms with Gasteiger partial charge in [0.25, 0.3) is 0 Å². The number of Topliss-reactive ketones (excluding diaryl/α,β-unsaturated/α-hetero) is 1. The molecule has 1 fully saturated rings. The maximum atomic E-state index is 12.0. The van der Waals surface area contributed by atoms with Crippen LogP contribution in [-0.2, 0) is 4.79 Å². The van der Waals surface area contributed by atoms with Crippen molar-refractivity contribution in [3.63, 3.8) is 0 Å². The molecule has 4 heteroatoms. The van der Waals surface area contributed by atoms with Crippen LogP contribution >= 0.6 is 0 Å². The van der Waals surface area contributed by atoms with Crippen molar-refractivity contribution >= 4 is 17.4 Å². The lowest BCUT2D eigenvalue weighted by molar-refractivity contribution is -0.118. The third kappa shape index (κ3) is 2.76. The Morgan fingerprint density at radius 2 is 1.94 bits per heavy atom. The summed E-state index contributed by atoms with van der Waals surface area (Å²) in [5, 5.41) is 6.06. The zero-order valence-electron chi connectivity index (χ0n) is 10.7. The molecule has 1 aromatic carbocycles. The summed E-state index contributed by atoms with van der Waals surface area (Å²) in [4.78, 5) is 23.1. The first-order chi connectivity index (χ1) is 8.58. The third-order valence-electron chi connectivity index (χ3n) is 3.37. The Hall–Kier alpha value is -1.68. The van der Waals surface area contributed by atoms with E-state index in [0.29, 0.717) is 11.5 Å². The highest BCUT2D eigenvalue weighted by molar-refractivity contribution is 5.97. The first-order valence-corrected chi connectivity index (χ1v) is 6.23. The number of nitrogens with one attached hydrogen (secondary N) is 2. The second-order valence-electron chi connectivity index (χ2n) is 4.82. The van der Waals surface area contributed by atoms with Crippen molar-refractivity contribution in [2.24, 2.45) is 5.92 Å². The average Bonchev–Trinajstić information content (AvgIpc) is 2.76. The van der Waals surface area contributed by atoms with Crippen LogP contribution in [0, 0.1) is 5.92 Å². The van der Waals surface area contributed by atoms with Crippen LogP contribution in [0.15, 0.2) is 24.3 Å². The number of benzene rings is 1. The van der Waals surface area contributed by atoms with Crippen LogP contribution in [0.5, 0.6) is 0 Å². The van der Waals surface area contributed by atoms with Gasteiger partial charge in [0.15, 0.2) is 5.78 Å². The molecule has 1 saturated heterocycles. The minimum absolute atomic E-state index is 0.00410. The molecule has 1 aliphatic rings. The highest BCUT2D eigenvalue weighted by atomic mass is 16.2. The van der Waals surface area contributed by atoms with Crippen molar-refractivity contribution in [1.82, 2.24) is 5.32 Å². The Bertz CT molecular complexity index is 453. The molecule has 0 radical (unpaired) electrons. The second-order valence-corrected chi connectivity index (χ2v) is 4.82. The van der Waals surface area contributed by atoms with E-state index in [1.165, 1.54) is 6.92 Å². The van der Waals surface area contributed by atoms with E-state index in [0.717, 1.165) is 18.7 Å². The van der Waals surface area contributed by atoms with E-state index in [4.69, 9.17) is 0 Å². The van der Waals surface area contributed by atoms with Gasteiger partial charge in [-0.25, -0.2) is 0 Å². The second kappa shape index (κ2) is 5.31. The van der Waals surface area contributed by atoms with E-state index in [1.807, 2.05) is 0 Å². The zero-order valence-corrected chi connectivity index (χ0v) is 10.7. The van der Waals surface area contributed by atoms with E-state index in [9.17, 15) is 9.59 Å². The highest BCUT2D eigenvalue weighted by Crippen LogP contribution is 2.17. The summed E-state index contributed by atoms with van der Waals surface area (Å²) in [5.41, 5.74) is 1.38. The van der Waals surface area contributed by atoms with Crippen LogP contribution < -0.4 is 10.6 Å². The van der Waals surface area contributed by atoms with E-state index in [-0.39, 0.29) is 17.7 Å². The normalized spacial score (nSPS) is 22.8. The topological polar surface area (TPSA) is 58.2 Å². The van der Waals surface area contributed by atoms with Crippen LogP contribution in [0.1, 0.15) is 30.6 Å². The van der Waals surface area contributed by atoms with Gasteiger partial charge in [-0.2, -0.15) is 0 Å². The molecule has 1 heterocycles. The molecule has 2 atom stereocenters. The molecule has 0 spiro atoms. The minimum atomic E-state index is -0.113. The van der Waals surface area contributed by atoms with Crippen LogP contribution in [0.2, 0.25) is 0 Å². The van der Waals surface area contributed by atoms with Crippen LogP contribution in [0.4, 0.5) is 5.69 Å². The average molecular weight is 246 g/mol. The molecule has 1 amide bonds. The molecule has 2 rings (SSSR count). The summed E-state index contributed by atoms with van der Waals surface area (Å²) >= 11 is 0. The number of anilines is 1. The van der Waals surface area contributed by atoms with E-state index >= 15 is 0 Å². The van der Waals surface area contributed by atoms with Crippen LogP contribution in [0.3, 0.4) is 0 Å². The van der Waals surface area contributed by atoms with E-state index < -0.39 is 0 Å². The lowest BCUT2D eigenvalue weighted by atomic mass is 10.0. The SMILES string of the molecule is CC(=O)c1ccc(NC(=O)C2NCCC2C)cc1. The highest BCUT2D eigenvalue weighted by Gasteiger charge is 2.29. The van der Waals surface area contributed by atoms with E-state index in [1.54, 1.807) is 24.3 Å². The summed E-state index contributed by atoms with van der Waals surface area (Å²) in [6.45, 7) is 4.49. The van der Waals surface area contributed by atoms with Crippen molar-refractivity contribution in [2.45, 2.75) is 26.3 Å². The Kier molecular flexibility index (Phi) is 3.77. The number of amides is 1. The predicted octanol–water partition coefficient (Wildman–Crippen LogP) is 1.83. The van der Waals surface area contributed by atoms with Crippen LogP contribution in [0.25, 0.3) is 0 Å². The van der Waals surface area contributed by atoms with Gasteiger partial charge in [0.2, 0.25) is 5.91 Å². The number of hydrogen-bond acceptors (Lipinski definition) is 3. The summed E-state index contributed by atoms with van der Waals surface area (Å²) in [5.74, 6) is 0.385. The molecule has 4 nitrogen and oxygen atoms in total. The summed E-state index contributed by atoms with van der Waals surface area (Å²) < 4.78 is 0. The molecule has 1 aliphatic heterocycles. The smallest absolute Gasteiger partial charge is 0.241 e. The number of hydrogen-bond donors (Lipinski definition) is 2. The van der Waals surface area contributed by atoms with Crippen molar-refractivity contribution in [1.29, 1.82) is 0 Å². The maximum absolute atomic E-state index is 12.0. The van der Waals surface area contributed by atoms with Gasteiger partial charge in [0.1, 0.15) is 0 Å². The molecule has 0 saturated carbocycles. The Morgan fingerprint density at radius 3 is 2.44 bits per heavy atom. The minimum Gasteiger partial charge on any atom is -0.325 e. The van der Waals surface area contributed by atoms with Crippen molar-refractivity contribution in [2.75, 3.05) is 11.9 Å². The molecular weight excluding hydrogens is 228 g/mol. The van der Waals surface area contributed by atoms with Gasteiger partial charge in [-0.05, 0) is 50.1 Å². The molecule has 18 heavy (non-hydrogen) atoms. The largest absolute Gasteiger partial charge is 0.325 e. The molecule has 1 aromatic rings. The number of carbonyl (C=O) groups excluding carboxylic acids is 2. The molecule has 96 valence electrons. The lowest BCUT2D eigenvalue weighted by Crippen LogP contribution is -2.39. The van der Waals surface area contributed by atoms with Crippen molar-refractivity contribution < 1.29 is 9.59 Å². The van der Waals surface area contributed by atoms with Crippen molar-refractivity contribution in [3.05, 3.63) is 29.8 Å². The first kappa shape index (κ1) is 12.8. The number of rotatable bonds is 3. The van der Waals surface area contributed by atoms with Gasteiger partial charge in [-0.15, -0.1) is 0 Å². The molecule has 0 aliphatic carbocycles. The molecule has 2 N–H and O–H groups in total. The number of carbonyl (C=O) groups is 2. The Balaban J connectivity index is 2.00. The maximum Gasteiger partial charge on any atom is 0.241 e. The van der Waals surface area contributed by atoms with Crippen molar-refractivity contribution in [3.8, 4) is 0 Å². The monoisotopic (exact) mass is 246 g/mol. The standard InChI is InChI=1S/C14H18N2O2/c1-9-7-8-15-13(9)14(18)16-12-5-3-11(4-6-12)10(2)17/h3-6,9,13,15H,7-8H2,1-2H3,(H,16,18). The van der Waals surface area contributed by atoms with E-state index in [2.05, 4.69) is 17.6 Å². The molecule has 2 unspecified atom stereocenters. The fourth-order valence-electron chi connectivity index (χ4n) is 2.19. The number of ketones is 1. The fourth-order valence-corrected chi connectivity index (χ4v) is 2.19. The van der Waals surface area contributed by atoms with Gasteiger partial charge >= 0.3 is 0 Å². The van der Waals surface area contributed by atoms with Crippen LogP contribution in [-0.4, -0.2) is 24.3 Å². The summed E-state index contributed by atoms with van der Waals surface area (Å²) in [6.07, 6.45) is 1.03. The van der Waals surface area contributed by atoms with Gasteiger partial charge in [0.05, 0.1) is 6.04 Å². The molecular formula is C14H18N2O2. The van der Waals surface area contributed by atoms with Gasteiger partial charge < -0.3 is 10.6 Å². The molecule has 0 aromatic heterocycles. The molecule has 0 bridgehead atoms. The zero-order chi connectivity index (χ0) is 13.1. The first-order valence-electron chi connectivity index (χ1n) is 6.23. The quantitative estimate of drug-likeness (QED) is 0.800. The van der Waals surface area contributed by atoms with Gasteiger partial charge in [-0.1, -0.05) is 6.92 Å². The predicted molar refractivity (Wildman–Crippen MR) is 70.6 cm³/mol. The fraction of sp³-hybridized carbons (Fsp3) is 0.429. The summed E-state index contributed by atoms with van der Waals surface area (Å²) in [6, 6.07) is 6.85. The van der Waals surface area contributed by atoms with Gasteiger partial charge in [-0.3, -0.25) is 9.59 Å². The van der Waals surface area contributed by atoms with Gasteiger partial charge in [0, 0.05) is 11.3 Å². The lowest BCUT2D eigenvalue weighted by Gasteiger charge is -2.15.